The molecule has 0 unspecified atom stereocenters. The Kier molecular flexibility index (Phi) is 7.79. The average Bonchev–Trinajstić information content (AvgIpc) is 2.72. The van der Waals surface area contributed by atoms with E-state index in [4.69, 9.17) is 9.47 Å². The quantitative estimate of drug-likeness (QED) is 0.579. The number of nitrogens with one attached hydrogen (secondary N) is 1. The fourth-order valence-electron chi connectivity index (χ4n) is 3.19. The second-order valence-electron chi connectivity index (χ2n) is 7.35. The van der Waals surface area contributed by atoms with E-state index in [-0.39, 0.29) is 10.6 Å². The number of amides is 1. The number of sulfone groups is 1. The van der Waals surface area contributed by atoms with Gasteiger partial charge in [0.15, 0.2) is 21.3 Å². The highest BCUT2D eigenvalue weighted by Gasteiger charge is 2.30. The smallest absolute Gasteiger partial charge is 0.244 e. The Hall–Kier alpha value is -2.79. The van der Waals surface area contributed by atoms with E-state index in [1.54, 1.807) is 25.1 Å². The summed E-state index contributed by atoms with van der Waals surface area (Å²) in [5, 5.41) is 2.78. The van der Waals surface area contributed by atoms with Crippen LogP contribution >= 0.6 is 0 Å². The maximum absolute atomic E-state index is 12.9. The number of ether oxygens (including phenoxy) is 2. The molecule has 0 aliphatic rings. The molecular formula is C21H28N2O7S2. The van der Waals surface area contributed by atoms with Gasteiger partial charge in [-0.1, -0.05) is 12.1 Å². The van der Waals surface area contributed by atoms with Gasteiger partial charge in [-0.25, -0.2) is 16.8 Å². The number of carbonyl (C=O) groups excluding carboxylic acids is 1. The van der Waals surface area contributed by atoms with Gasteiger partial charge in [-0.3, -0.25) is 9.10 Å². The number of hydrogen-bond donors (Lipinski definition) is 1. The minimum Gasteiger partial charge on any atom is -0.493 e. The first-order chi connectivity index (χ1) is 14.8. The van der Waals surface area contributed by atoms with E-state index in [9.17, 15) is 21.6 Å². The van der Waals surface area contributed by atoms with Crippen LogP contribution in [0.25, 0.3) is 0 Å². The molecular weight excluding hydrogens is 456 g/mol. The summed E-state index contributed by atoms with van der Waals surface area (Å²) in [7, 11) is -4.26. The molecule has 2 rings (SSSR count). The van der Waals surface area contributed by atoms with Gasteiger partial charge in [-0.15, -0.1) is 0 Å². The van der Waals surface area contributed by atoms with Crippen LogP contribution in [0, 0.1) is 0 Å². The summed E-state index contributed by atoms with van der Waals surface area (Å²) in [5.74, 6) is 0.225. The molecule has 0 aromatic heterocycles. The normalized spacial score (nSPS) is 13.7. The fourth-order valence-corrected chi connectivity index (χ4v) is 4.99. The van der Waals surface area contributed by atoms with E-state index in [1.807, 2.05) is 0 Å². The molecule has 0 spiro atoms. The lowest BCUT2D eigenvalue weighted by Gasteiger charge is -2.29. The van der Waals surface area contributed by atoms with Gasteiger partial charge < -0.3 is 14.8 Å². The van der Waals surface area contributed by atoms with E-state index in [2.05, 4.69) is 5.32 Å². The summed E-state index contributed by atoms with van der Waals surface area (Å²) in [6.07, 6.45) is 2.13. The van der Waals surface area contributed by atoms with Gasteiger partial charge in [0.2, 0.25) is 15.9 Å². The number of rotatable bonds is 9. The molecule has 176 valence electrons. The highest BCUT2D eigenvalue weighted by molar-refractivity contribution is 7.92. The van der Waals surface area contributed by atoms with Crippen molar-refractivity contribution < 1.29 is 31.1 Å². The van der Waals surface area contributed by atoms with Crippen molar-refractivity contribution in [2.75, 3.05) is 31.0 Å². The molecule has 0 heterocycles. The van der Waals surface area contributed by atoms with Crippen LogP contribution < -0.4 is 19.1 Å². The topological polar surface area (TPSA) is 119 Å². The highest BCUT2D eigenvalue weighted by Crippen LogP contribution is 2.33. The van der Waals surface area contributed by atoms with Gasteiger partial charge >= 0.3 is 0 Å². The lowest BCUT2D eigenvalue weighted by Crippen LogP contribution is -2.48. The Morgan fingerprint density at radius 2 is 1.47 bits per heavy atom. The summed E-state index contributed by atoms with van der Waals surface area (Å²) < 4.78 is 59.8. The Morgan fingerprint density at radius 1 is 0.906 bits per heavy atom. The molecule has 2 aromatic carbocycles. The van der Waals surface area contributed by atoms with Gasteiger partial charge in [0.25, 0.3) is 0 Å². The predicted octanol–water partition coefficient (Wildman–Crippen LogP) is 2.14. The second-order valence-corrected chi connectivity index (χ2v) is 11.2. The van der Waals surface area contributed by atoms with Gasteiger partial charge in [-0.2, -0.15) is 0 Å². The predicted molar refractivity (Wildman–Crippen MR) is 122 cm³/mol. The van der Waals surface area contributed by atoms with Gasteiger partial charge in [0, 0.05) is 12.3 Å². The van der Waals surface area contributed by atoms with Crippen molar-refractivity contribution in [2.24, 2.45) is 0 Å². The standard InChI is InChI=1S/C21H28N2O7S2/c1-14(16-7-10-18(11-8-16)31(5,25)26)22-21(24)15(2)23(32(6,27)28)17-9-12-19(29-3)20(13-17)30-4/h7-15H,1-6H3,(H,22,24)/t14-,15+/m0/s1. The summed E-state index contributed by atoms with van der Waals surface area (Å²) in [5.41, 5.74) is 0.924. The van der Waals surface area contributed by atoms with Crippen molar-refractivity contribution >= 4 is 31.5 Å². The highest BCUT2D eigenvalue weighted by atomic mass is 32.2. The van der Waals surface area contributed by atoms with E-state index >= 15 is 0 Å². The van der Waals surface area contributed by atoms with Crippen LogP contribution in [0.15, 0.2) is 47.4 Å². The van der Waals surface area contributed by atoms with Crippen molar-refractivity contribution in [2.45, 2.75) is 30.8 Å². The first-order valence-electron chi connectivity index (χ1n) is 9.61. The third kappa shape index (κ3) is 5.92. The lowest BCUT2D eigenvalue weighted by atomic mass is 10.1. The Morgan fingerprint density at radius 3 is 1.94 bits per heavy atom. The van der Waals surface area contributed by atoms with Gasteiger partial charge in [0.05, 0.1) is 37.1 Å². The first-order valence-corrected chi connectivity index (χ1v) is 13.4. The Balaban J connectivity index is 2.29. The van der Waals surface area contributed by atoms with E-state index in [1.165, 1.54) is 45.4 Å². The molecule has 0 saturated carbocycles. The van der Waals surface area contributed by atoms with E-state index in [0.29, 0.717) is 17.1 Å². The Bertz CT molecular complexity index is 1180. The largest absolute Gasteiger partial charge is 0.493 e. The second kappa shape index (κ2) is 9.78. The van der Waals surface area contributed by atoms with Crippen molar-refractivity contribution in [1.29, 1.82) is 0 Å². The molecule has 32 heavy (non-hydrogen) atoms. The molecule has 2 atom stereocenters. The first kappa shape index (κ1) is 25.5. The van der Waals surface area contributed by atoms with Crippen LogP contribution in [0.4, 0.5) is 5.69 Å². The minimum absolute atomic E-state index is 0.171. The molecule has 0 radical (unpaired) electrons. The zero-order valence-corrected chi connectivity index (χ0v) is 20.5. The van der Waals surface area contributed by atoms with Crippen molar-refractivity contribution in [3.8, 4) is 11.5 Å². The van der Waals surface area contributed by atoms with Crippen molar-refractivity contribution in [3.63, 3.8) is 0 Å². The summed E-state index contributed by atoms with van der Waals surface area (Å²) >= 11 is 0. The van der Waals surface area contributed by atoms with Crippen molar-refractivity contribution in [1.82, 2.24) is 5.32 Å². The van der Waals surface area contributed by atoms with Crippen LogP contribution in [-0.4, -0.2) is 55.5 Å². The molecule has 0 aliphatic carbocycles. The number of sulfonamides is 1. The lowest BCUT2D eigenvalue weighted by molar-refractivity contribution is -0.122. The molecule has 0 bridgehead atoms. The fraction of sp³-hybridized carbons (Fsp3) is 0.381. The minimum atomic E-state index is -3.82. The molecule has 0 saturated heterocycles. The number of carbonyl (C=O) groups is 1. The van der Waals surface area contributed by atoms with Crippen LogP contribution in [0.1, 0.15) is 25.5 Å². The monoisotopic (exact) mass is 484 g/mol. The van der Waals surface area contributed by atoms with Gasteiger partial charge in [-0.05, 0) is 43.7 Å². The molecule has 1 amide bonds. The summed E-state index contributed by atoms with van der Waals surface area (Å²) in [6.45, 7) is 3.20. The third-order valence-electron chi connectivity index (χ3n) is 4.88. The molecule has 2 aromatic rings. The zero-order chi connectivity index (χ0) is 24.3. The number of nitrogens with zero attached hydrogens (tertiary/aromatic N) is 1. The van der Waals surface area contributed by atoms with Crippen molar-refractivity contribution in [3.05, 3.63) is 48.0 Å². The maximum atomic E-state index is 12.9. The molecule has 9 nitrogen and oxygen atoms in total. The van der Waals surface area contributed by atoms with E-state index in [0.717, 1.165) is 16.8 Å². The van der Waals surface area contributed by atoms with Crippen LogP contribution in [-0.2, 0) is 24.7 Å². The van der Waals surface area contributed by atoms with Crippen LogP contribution in [0.3, 0.4) is 0 Å². The maximum Gasteiger partial charge on any atom is 0.244 e. The third-order valence-corrected chi connectivity index (χ3v) is 7.25. The SMILES string of the molecule is COc1ccc(N([C@H](C)C(=O)N[C@@H](C)c2ccc(S(C)(=O)=O)cc2)S(C)(=O)=O)cc1OC. The molecule has 0 fully saturated rings. The number of anilines is 1. The van der Waals surface area contributed by atoms with Gasteiger partial charge in [0.1, 0.15) is 6.04 Å². The van der Waals surface area contributed by atoms with E-state index < -0.39 is 37.9 Å². The van der Waals surface area contributed by atoms with Crippen LogP contribution in [0.2, 0.25) is 0 Å². The average molecular weight is 485 g/mol. The molecule has 1 N–H and O–H groups in total. The molecule has 0 aliphatic heterocycles. The van der Waals surface area contributed by atoms with Crippen LogP contribution in [0.5, 0.6) is 11.5 Å². The number of benzene rings is 2. The number of methoxy groups -OCH3 is 2. The Labute approximate surface area is 189 Å². The summed E-state index contributed by atoms with van der Waals surface area (Å²) in [4.78, 5) is 13.1. The molecule has 11 heteroatoms. The number of hydrogen-bond acceptors (Lipinski definition) is 7. The summed E-state index contributed by atoms with van der Waals surface area (Å²) in [6, 6.07) is 9.15. The zero-order valence-electron chi connectivity index (χ0n) is 18.8.